The number of carbonyl (C=O) groups is 1. The molecule has 1 aromatic carbocycles. The number of anilines is 1. The van der Waals surface area contributed by atoms with E-state index in [2.05, 4.69) is 10.7 Å². The van der Waals surface area contributed by atoms with Gasteiger partial charge in [0.15, 0.2) is 0 Å². The van der Waals surface area contributed by atoms with Gasteiger partial charge in [-0.1, -0.05) is 31.4 Å². The van der Waals surface area contributed by atoms with Crippen LogP contribution in [-0.2, 0) is 0 Å². The first-order valence-electron chi connectivity index (χ1n) is 6.65. The number of hydrogen-bond acceptors (Lipinski definition) is 3. The van der Waals surface area contributed by atoms with E-state index in [-0.39, 0.29) is 5.91 Å². The summed E-state index contributed by atoms with van der Waals surface area (Å²) < 4.78 is 0. The van der Waals surface area contributed by atoms with Crippen LogP contribution in [0.3, 0.4) is 0 Å². The molecule has 1 saturated carbocycles. The number of hydrogen-bond donors (Lipinski definition) is 3. The van der Waals surface area contributed by atoms with E-state index in [1.165, 1.54) is 32.1 Å². The summed E-state index contributed by atoms with van der Waals surface area (Å²) in [5, 5.41) is 3.01. The number of nitrogens with one attached hydrogen (secondary N) is 2. The minimum absolute atomic E-state index is 0.0471. The van der Waals surface area contributed by atoms with Crippen molar-refractivity contribution in [2.45, 2.75) is 32.1 Å². The Bertz CT molecular complexity index is 400. The molecule has 2 rings (SSSR count). The highest BCUT2D eigenvalue weighted by Gasteiger charge is 2.15. The van der Waals surface area contributed by atoms with Crippen molar-refractivity contribution in [1.82, 2.24) is 5.32 Å². The lowest BCUT2D eigenvalue weighted by atomic mass is 9.89. The fraction of sp³-hybridized carbons (Fsp3) is 0.500. The molecule has 1 aliphatic rings. The monoisotopic (exact) mass is 247 g/mol. The largest absolute Gasteiger partial charge is 0.352 e. The Morgan fingerprint density at radius 2 is 1.94 bits per heavy atom. The number of para-hydroxylation sites is 1. The minimum atomic E-state index is -0.0471. The lowest BCUT2D eigenvalue weighted by molar-refractivity contribution is 0.0944. The summed E-state index contributed by atoms with van der Waals surface area (Å²) in [5.41, 5.74) is 3.83. The molecule has 0 spiro atoms. The second kappa shape index (κ2) is 6.40. The van der Waals surface area contributed by atoms with E-state index >= 15 is 0 Å². The van der Waals surface area contributed by atoms with Crippen molar-refractivity contribution in [2.75, 3.05) is 12.0 Å². The maximum atomic E-state index is 12.1. The second-order valence-electron chi connectivity index (χ2n) is 4.90. The Hall–Kier alpha value is -1.55. The van der Waals surface area contributed by atoms with E-state index in [4.69, 9.17) is 5.84 Å². The first kappa shape index (κ1) is 12.9. The smallest absolute Gasteiger partial charge is 0.253 e. The third-order valence-electron chi connectivity index (χ3n) is 3.60. The standard InChI is InChI=1S/C14H21N3O/c15-17-13-9-5-4-8-12(13)14(18)16-10-11-6-2-1-3-7-11/h4-5,8-9,11,17H,1-3,6-7,10,15H2,(H,16,18). The summed E-state index contributed by atoms with van der Waals surface area (Å²) in [6, 6.07) is 7.28. The van der Waals surface area contributed by atoms with Crippen molar-refractivity contribution in [2.24, 2.45) is 11.8 Å². The maximum absolute atomic E-state index is 12.1. The van der Waals surface area contributed by atoms with Gasteiger partial charge >= 0.3 is 0 Å². The van der Waals surface area contributed by atoms with Crippen molar-refractivity contribution in [3.05, 3.63) is 29.8 Å². The number of amides is 1. The predicted octanol–water partition coefficient (Wildman–Crippen LogP) is 2.28. The van der Waals surface area contributed by atoms with Crippen molar-refractivity contribution < 1.29 is 4.79 Å². The predicted molar refractivity (Wildman–Crippen MR) is 73.2 cm³/mol. The van der Waals surface area contributed by atoms with Gasteiger partial charge in [0.1, 0.15) is 0 Å². The van der Waals surface area contributed by atoms with Crippen LogP contribution in [0.2, 0.25) is 0 Å². The molecule has 18 heavy (non-hydrogen) atoms. The molecule has 0 aromatic heterocycles. The molecule has 0 atom stereocenters. The number of nitrogens with two attached hydrogens (primary N) is 1. The van der Waals surface area contributed by atoms with Crippen LogP contribution in [0.25, 0.3) is 0 Å². The molecule has 1 fully saturated rings. The molecule has 0 aliphatic heterocycles. The SMILES string of the molecule is NNc1ccccc1C(=O)NCC1CCCCC1. The normalized spacial score (nSPS) is 16.3. The molecular weight excluding hydrogens is 226 g/mol. The van der Waals surface area contributed by atoms with Gasteiger partial charge in [-0.25, -0.2) is 0 Å². The Kier molecular flexibility index (Phi) is 4.59. The Morgan fingerprint density at radius 1 is 1.22 bits per heavy atom. The van der Waals surface area contributed by atoms with Crippen LogP contribution in [0.1, 0.15) is 42.5 Å². The highest BCUT2D eigenvalue weighted by atomic mass is 16.1. The third kappa shape index (κ3) is 3.23. The van der Waals surface area contributed by atoms with Gasteiger partial charge in [-0.15, -0.1) is 0 Å². The quantitative estimate of drug-likeness (QED) is 0.565. The van der Waals surface area contributed by atoms with Crippen LogP contribution in [0, 0.1) is 5.92 Å². The van der Waals surface area contributed by atoms with E-state index < -0.39 is 0 Å². The summed E-state index contributed by atoms with van der Waals surface area (Å²) in [5.74, 6) is 5.99. The third-order valence-corrected chi connectivity index (χ3v) is 3.60. The van der Waals surface area contributed by atoms with Crippen LogP contribution in [-0.4, -0.2) is 12.5 Å². The Labute approximate surface area is 108 Å². The fourth-order valence-corrected chi connectivity index (χ4v) is 2.53. The van der Waals surface area contributed by atoms with Crippen molar-refractivity contribution >= 4 is 11.6 Å². The zero-order valence-electron chi connectivity index (χ0n) is 10.6. The Morgan fingerprint density at radius 3 is 2.67 bits per heavy atom. The fourth-order valence-electron chi connectivity index (χ4n) is 2.53. The summed E-state index contributed by atoms with van der Waals surface area (Å²) in [4.78, 5) is 12.1. The van der Waals surface area contributed by atoms with Gasteiger partial charge in [0.05, 0.1) is 11.3 Å². The van der Waals surface area contributed by atoms with Crippen molar-refractivity contribution in [1.29, 1.82) is 0 Å². The molecule has 0 unspecified atom stereocenters. The first-order chi connectivity index (χ1) is 8.81. The number of benzene rings is 1. The van der Waals surface area contributed by atoms with Gasteiger partial charge in [0.2, 0.25) is 0 Å². The molecule has 0 radical (unpaired) electrons. The summed E-state index contributed by atoms with van der Waals surface area (Å²) in [7, 11) is 0. The average molecular weight is 247 g/mol. The van der Waals surface area contributed by atoms with Crippen LogP contribution in [0.4, 0.5) is 5.69 Å². The maximum Gasteiger partial charge on any atom is 0.253 e. The van der Waals surface area contributed by atoms with Gasteiger partial charge in [-0.05, 0) is 30.9 Å². The van der Waals surface area contributed by atoms with E-state index in [0.29, 0.717) is 17.2 Å². The highest BCUT2D eigenvalue weighted by molar-refractivity contribution is 5.99. The van der Waals surface area contributed by atoms with Gasteiger partial charge < -0.3 is 10.7 Å². The zero-order chi connectivity index (χ0) is 12.8. The molecule has 1 aliphatic carbocycles. The van der Waals surface area contributed by atoms with E-state index in [1.54, 1.807) is 12.1 Å². The van der Waals surface area contributed by atoms with Crippen LogP contribution >= 0.6 is 0 Å². The van der Waals surface area contributed by atoms with Crippen molar-refractivity contribution in [3.8, 4) is 0 Å². The molecule has 0 heterocycles. The minimum Gasteiger partial charge on any atom is -0.352 e. The number of nitrogen functional groups attached to an aromatic ring is 1. The molecule has 4 nitrogen and oxygen atoms in total. The number of carbonyl (C=O) groups excluding carboxylic acids is 1. The summed E-state index contributed by atoms with van der Waals surface area (Å²) in [6.07, 6.45) is 6.39. The molecule has 98 valence electrons. The van der Waals surface area contributed by atoms with E-state index in [0.717, 1.165) is 6.54 Å². The lowest BCUT2D eigenvalue weighted by Gasteiger charge is -2.22. The van der Waals surface area contributed by atoms with Gasteiger partial charge in [-0.3, -0.25) is 10.6 Å². The second-order valence-corrected chi connectivity index (χ2v) is 4.90. The van der Waals surface area contributed by atoms with Crippen molar-refractivity contribution in [3.63, 3.8) is 0 Å². The van der Waals surface area contributed by atoms with E-state index in [9.17, 15) is 4.79 Å². The topological polar surface area (TPSA) is 67.1 Å². The molecule has 0 saturated heterocycles. The van der Waals surface area contributed by atoms with Gasteiger partial charge in [0, 0.05) is 6.54 Å². The molecule has 0 bridgehead atoms. The summed E-state index contributed by atoms with van der Waals surface area (Å²) >= 11 is 0. The van der Waals surface area contributed by atoms with Crippen LogP contribution in [0.15, 0.2) is 24.3 Å². The molecule has 1 amide bonds. The molecule has 4 heteroatoms. The number of rotatable bonds is 4. The average Bonchev–Trinajstić information content (AvgIpc) is 2.45. The Balaban J connectivity index is 1.90. The molecule has 4 N–H and O–H groups in total. The van der Waals surface area contributed by atoms with Gasteiger partial charge in [0.25, 0.3) is 5.91 Å². The highest BCUT2D eigenvalue weighted by Crippen LogP contribution is 2.23. The molecule has 1 aromatic rings. The van der Waals surface area contributed by atoms with E-state index in [1.807, 2.05) is 12.1 Å². The zero-order valence-corrected chi connectivity index (χ0v) is 10.6. The lowest BCUT2D eigenvalue weighted by Crippen LogP contribution is -2.31. The van der Waals surface area contributed by atoms with Crippen LogP contribution in [0.5, 0.6) is 0 Å². The first-order valence-corrected chi connectivity index (χ1v) is 6.65. The summed E-state index contributed by atoms with van der Waals surface area (Å²) in [6.45, 7) is 0.776. The molecular formula is C14H21N3O. The van der Waals surface area contributed by atoms with Crippen LogP contribution < -0.4 is 16.6 Å². The number of hydrazine groups is 1. The van der Waals surface area contributed by atoms with Gasteiger partial charge in [-0.2, -0.15) is 0 Å².